The first-order chi connectivity index (χ1) is 8.72. The minimum Gasteiger partial charge on any atom is -0.497 e. The number of halogens is 1. The van der Waals surface area contributed by atoms with Gasteiger partial charge in [-0.3, -0.25) is 4.99 Å². The maximum Gasteiger partial charge on any atom is 0.184 e. The second-order valence-electron chi connectivity index (χ2n) is 3.31. The largest absolute Gasteiger partial charge is 0.497 e. The van der Waals surface area contributed by atoms with E-state index in [0.717, 1.165) is 10.6 Å². The zero-order valence-corrected chi connectivity index (χ0v) is 11.5. The molecular formula is C12H11ClN2O2S. The molecule has 0 aliphatic heterocycles. The lowest BCUT2D eigenvalue weighted by Gasteiger charge is -2.06. The van der Waals surface area contributed by atoms with Crippen LogP contribution in [0, 0.1) is 0 Å². The van der Waals surface area contributed by atoms with Crippen LogP contribution in [0.15, 0.2) is 29.4 Å². The summed E-state index contributed by atoms with van der Waals surface area (Å²) in [5.74, 6) is 1.41. The van der Waals surface area contributed by atoms with Crippen LogP contribution >= 0.6 is 22.9 Å². The number of benzene rings is 1. The van der Waals surface area contributed by atoms with Gasteiger partial charge in [0.15, 0.2) is 4.47 Å². The van der Waals surface area contributed by atoms with Gasteiger partial charge in [-0.25, -0.2) is 4.98 Å². The molecule has 94 valence electrons. The smallest absolute Gasteiger partial charge is 0.184 e. The molecule has 0 amide bonds. The normalized spacial score (nSPS) is 10.8. The molecule has 0 spiro atoms. The topological polar surface area (TPSA) is 43.7 Å². The number of methoxy groups -OCH3 is 2. The van der Waals surface area contributed by atoms with Crippen molar-refractivity contribution in [3.05, 3.63) is 33.7 Å². The fourth-order valence-electron chi connectivity index (χ4n) is 1.35. The van der Waals surface area contributed by atoms with Gasteiger partial charge in [-0.1, -0.05) is 11.6 Å². The third kappa shape index (κ3) is 3.00. The van der Waals surface area contributed by atoms with Crippen molar-refractivity contribution in [3.63, 3.8) is 0 Å². The van der Waals surface area contributed by atoms with Crippen LogP contribution in [0.5, 0.6) is 11.5 Å². The summed E-state index contributed by atoms with van der Waals surface area (Å²) in [7, 11) is 3.21. The van der Waals surface area contributed by atoms with Crippen molar-refractivity contribution in [1.29, 1.82) is 0 Å². The van der Waals surface area contributed by atoms with Crippen molar-refractivity contribution in [3.8, 4) is 11.5 Å². The predicted molar refractivity (Wildman–Crippen MR) is 73.9 cm³/mol. The number of ether oxygens (including phenoxy) is 2. The molecule has 0 saturated heterocycles. The summed E-state index contributed by atoms with van der Waals surface area (Å²) in [5.41, 5.74) is 0.696. The Kier molecular flexibility index (Phi) is 4.17. The summed E-state index contributed by atoms with van der Waals surface area (Å²) in [4.78, 5) is 9.17. The van der Waals surface area contributed by atoms with Crippen molar-refractivity contribution < 1.29 is 9.47 Å². The molecule has 1 aromatic heterocycles. The van der Waals surface area contributed by atoms with Gasteiger partial charge < -0.3 is 9.47 Å². The molecule has 0 aliphatic carbocycles. The number of hydrogen-bond donors (Lipinski definition) is 0. The van der Waals surface area contributed by atoms with Gasteiger partial charge >= 0.3 is 0 Å². The van der Waals surface area contributed by atoms with E-state index < -0.39 is 0 Å². The number of hydrogen-bond acceptors (Lipinski definition) is 5. The van der Waals surface area contributed by atoms with Crippen LogP contribution in [-0.4, -0.2) is 25.4 Å². The Labute approximate surface area is 114 Å². The Balaban J connectivity index is 2.29. The molecule has 0 atom stereocenters. The van der Waals surface area contributed by atoms with E-state index in [1.807, 2.05) is 12.1 Å². The molecule has 1 aromatic carbocycles. The molecule has 2 rings (SSSR count). The second kappa shape index (κ2) is 5.84. The molecule has 0 unspecified atom stereocenters. The van der Waals surface area contributed by atoms with Crippen molar-refractivity contribution in [2.45, 2.75) is 0 Å². The van der Waals surface area contributed by atoms with E-state index in [-0.39, 0.29) is 0 Å². The van der Waals surface area contributed by atoms with E-state index in [0.29, 0.717) is 15.9 Å². The fourth-order valence-corrected chi connectivity index (χ4v) is 2.18. The average molecular weight is 283 g/mol. The quantitative estimate of drug-likeness (QED) is 0.805. The van der Waals surface area contributed by atoms with Crippen molar-refractivity contribution in [2.75, 3.05) is 14.2 Å². The Hall–Kier alpha value is -1.59. The number of nitrogens with zero attached hydrogens (tertiary/aromatic N) is 2. The maximum absolute atomic E-state index is 5.75. The zero-order chi connectivity index (χ0) is 13.0. The van der Waals surface area contributed by atoms with Gasteiger partial charge in [-0.2, -0.15) is 0 Å². The highest BCUT2D eigenvalue weighted by Crippen LogP contribution is 2.31. The summed E-state index contributed by atoms with van der Waals surface area (Å²) < 4.78 is 10.9. The van der Waals surface area contributed by atoms with E-state index in [1.165, 1.54) is 11.3 Å². The molecule has 0 radical (unpaired) electrons. The maximum atomic E-state index is 5.75. The first kappa shape index (κ1) is 12.9. The second-order valence-corrected chi connectivity index (χ2v) is 4.96. The molecular weight excluding hydrogens is 272 g/mol. The molecule has 0 fully saturated rings. The highest BCUT2D eigenvalue weighted by molar-refractivity contribution is 7.17. The average Bonchev–Trinajstić information content (AvgIpc) is 2.81. The van der Waals surface area contributed by atoms with E-state index in [2.05, 4.69) is 9.98 Å². The van der Waals surface area contributed by atoms with Crippen LogP contribution < -0.4 is 9.47 Å². The Morgan fingerprint density at radius 3 is 2.78 bits per heavy atom. The van der Waals surface area contributed by atoms with Gasteiger partial charge in [0.1, 0.15) is 17.2 Å². The number of thiazole rings is 1. The van der Waals surface area contributed by atoms with E-state index in [9.17, 15) is 0 Å². The minimum absolute atomic E-state index is 0.494. The van der Waals surface area contributed by atoms with Gasteiger partial charge in [0.05, 0.1) is 19.1 Å². The molecule has 2 aromatic rings. The summed E-state index contributed by atoms with van der Waals surface area (Å²) in [6.07, 6.45) is 3.37. The van der Waals surface area contributed by atoms with Crippen LogP contribution in [0.4, 0.5) is 5.69 Å². The molecule has 0 bridgehead atoms. The van der Waals surface area contributed by atoms with Crippen molar-refractivity contribution in [2.24, 2.45) is 4.99 Å². The van der Waals surface area contributed by atoms with Crippen LogP contribution in [0.2, 0.25) is 4.47 Å². The lowest BCUT2D eigenvalue weighted by molar-refractivity contribution is 0.404. The Morgan fingerprint density at radius 1 is 1.33 bits per heavy atom. The molecule has 1 heterocycles. The molecule has 0 aliphatic rings. The highest BCUT2D eigenvalue weighted by Gasteiger charge is 2.03. The molecule has 4 nitrogen and oxygen atoms in total. The summed E-state index contributed by atoms with van der Waals surface area (Å²) >= 11 is 7.11. The minimum atomic E-state index is 0.494. The van der Waals surface area contributed by atoms with E-state index in [4.69, 9.17) is 21.1 Å². The van der Waals surface area contributed by atoms with E-state index >= 15 is 0 Å². The van der Waals surface area contributed by atoms with Crippen molar-refractivity contribution >= 4 is 34.8 Å². The van der Waals surface area contributed by atoms with Crippen LogP contribution in [0.3, 0.4) is 0 Å². The van der Waals surface area contributed by atoms with Crippen LogP contribution in [-0.2, 0) is 0 Å². The molecule has 18 heavy (non-hydrogen) atoms. The molecule has 0 saturated carbocycles. The lowest BCUT2D eigenvalue weighted by atomic mass is 10.3. The lowest BCUT2D eigenvalue weighted by Crippen LogP contribution is -1.86. The Morgan fingerprint density at radius 2 is 2.17 bits per heavy atom. The zero-order valence-electron chi connectivity index (χ0n) is 9.88. The molecule has 6 heteroatoms. The predicted octanol–water partition coefficient (Wildman–Crippen LogP) is 3.56. The monoisotopic (exact) mass is 282 g/mol. The van der Waals surface area contributed by atoms with Gasteiger partial charge in [-0.05, 0) is 12.1 Å². The van der Waals surface area contributed by atoms with Crippen LogP contribution in [0.1, 0.15) is 4.88 Å². The summed E-state index contributed by atoms with van der Waals surface area (Å²) in [6, 6.07) is 5.44. The summed E-state index contributed by atoms with van der Waals surface area (Å²) in [6.45, 7) is 0. The van der Waals surface area contributed by atoms with E-state index in [1.54, 1.807) is 32.7 Å². The van der Waals surface area contributed by atoms with Gasteiger partial charge in [-0.15, -0.1) is 11.3 Å². The third-order valence-corrected chi connectivity index (χ3v) is 3.26. The van der Waals surface area contributed by atoms with Crippen LogP contribution in [0.25, 0.3) is 0 Å². The van der Waals surface area contributed by atoms with Gasteiger partial charge in [0.25, 0.3) is 0 Å². The first-order valence-corrected chi connectivity index (χ1v) is 6.30. The summed E-state index contributed by atoms with van der Waals surface area (Å²) in [5, 5.41) is 0. The highest BCUT2D eigenvalue weighted by atomic mass is 35.5. The van der Waals surface area contributed by atoms with Crippen molar-refractivity contribution in [1.82, 2.24) is 4.98 Å². The Bertz CT molecular complexity index is 569. The SMILES string of the molecule is COc1ccc(OC)c(/N=C/c2cnc(Cl)s2)c1. The van der Waals surface area contributed by atoms with Gasteiger partial charge in [0.2, 0.25) is 0 Å². The number of aliphatic imine (C=N–C) groups is 1. The standard InChI is InChI=1S/C12H11ClN2O2S/c1-16-8-3-4-11(17-2)10(5-8)14-6-9-7-15-12(13)18-9/h3-7H,1-2H3/b14-6+. The first-order valence-electron chi connectivity index (χ1n) is 5.10. The number of aromatic nitrogens is 1. The van der Waals surface area contributed by atoms with Gasteiger partial charge in [0, 0.05) is 18.5 Å². The number of rotatable bonds is 4. The molecule has 0 N–H and O–H groups in total. The third-order valence-electron chi connectivity index (χ3n) is 2.21. The fraction of sp³-hybridized carbons (Fsp3) is 0.167.